The molecule has 112 valence electrons. The molecule has 0 saturated heterocycles. The van der Waals surface area contributed by atoms with Gasteiger partial charge in [-0.25, -0.2) is 4.39 Å². The van der Waals surface area contributed by atoms with E-state index in [0.29, 0.717) is 23.1 Å². The van der Waals surface area contributed by atoms with Crippen LogP contribution in [0.5, 0.6) is 0 Å². The summed E-state index contributed by atoms with van der Waals surface area (Å²) in [4.78, 5) is 2.05. The minimum absolute atomic E-state index is 0.0375. The molecule has 0 spiro atoms. The van der Waals surface area contributed by atoms with Crippen molar-refractivity contribution in [2.24, 2.45) is 5.73 Å². The Kier molecular flexibility index (Phi) is 5.59. The number of benzene rings is 2. The molecule has 2 N–H and O–H groups in total. The molecule has 0 aliphatic rings. The highest BCUT2D eigenvalue weighted by molar-refractivity contribution is 6.34. The van der Waals surface area contributed by atoms with E-state index in [1.54, 1.807) is 12.1 Å². The second-order valence-corrected chi connectivity index (χ2v) is 5.87. The van der Waals surface area contributed by atoms with E-state index >= 15 is 0 Å². The lowest BCUT2D eigenvalue weighted by molar-refractivity contribution is 0.241. The van der Waals surface area contributed by atoms with E-state index in [-0.39, 0.29) is 11.9 Å². The summed E-state index contributed by atoms with van der Waals surface area (Å²) in [7, 11) is 1.94. The molecule has 2 aromatic carbocycles. The number of rotatable bonds is 5. The standard InChI is InChI=1S/C16H17Cl2FN2/c1-21(10-11-3-2-4-15(19)5-11)16(9-20)12-6-13(17)8-14(18)7-12/h2-8,16H,9-10,20H2,1H3. The third kappa shape index (κ3) is 4.42. The van der Waals surface area contributed by atoms with Crippen LogP contribution in [0.3, 0.4) is 0 Å². The Hall–Kier alpha value is -1.13. The van der Waals surface area contributed by atoms with E-state index in [9.17, 15) is 4.39 Å². The Bertz CT molecular complexity index is 599. The van der Waals surface area contributed by atoms with Gasteiger partial charge in [0.05, 0.1) is 0 Å². The fraction of sp³-hybridized carbons (Fsp3) is 0.250. The fourth-order valence-corrected chi connectivity index (χ4v) is 2.91. The summed E-state index contributed by atoms with van der Waals surface area (Å²) in [6.07, 6.45) is 0. The van der Waals surface area contributed by atoms with Crippen LogP contribution in [-0.2, 0) is 6.54 Å². The Morgan fingerprint density at radius 2 is 1.81 bits per heavy atom. The number of hydrogen-bond donors (Lipinski definition) is 1. The number of hydrogen-bond acceptors (Lipinski definition) is 2. The lowest BCUT2D eigenvalue weighted by atomic mass is 10.0. The molecule has 2 aromatic rings. The zero-order valence-electron chi connectivity index (χ0n) is 11.7. The van der Waals surface area contributed by atoms with Crippen molar-refractivity contribution in [1.29, 1.82) is 0 Å². The van der Waals surface area contributed by atoms with Crippen molar-refractivity contribution < 1.29 is 4.39 Å². The molecule has 0 saturated carbocycles. The lowest BCUT2D eigenvalue weighted by Gasteiger charge is -2.27. The van der Waals surface area contributed by atoms with Gasteiger partial charge in [-0.2, -0.15) is 0 Å². The maximum absolute atomic E-state index is 13.3. The van der Waals surface area contributed by atoms with Crippen molar-refractivity contribution in [2.75, 3.05) is 13.6 Å². The maximum Gasteiger partial charge on any atom is 0.123 e. The van der Waals surface area contributed by atoms with Crippen molar-refractivity contribution in [1.82, 2.24) is 4.90 Å². The van der Waals surface area contributed by atoms with Gasteiger partial charge in [-0.1, -0.05) is 35.3 Å². The minimum atomic E-state index is -0.240. The fourth-order valence-electron chi connectivity index (χ4n) is 2.37. The van der Waals surface area contributed by atoms with Crippen molar-refractivity contribution in [3.05, 3.63) is 69.5 Å². The first-order valence-corrected chi connectivity index (χ1v) is 7.36. The normalized spacial score (nSPS) is 12.7. The van der Waals surface area contributed by atoms with E-state index in [0.717, 1.165) is 11.1 Å². The summed E-state index contributed by atoms with van der Waals surface area (Å²) in [5.74, 6) is -0.240. The van der Waals surface area contributed by atoms with Crippen LogP contribution < -0.4 is 5.73 Å². The predicted molar refractivity (Wildman–Crippen MR) is 86.1 cm³/mol. The third-order valence-corrected chi connectivity index (χ3v) is 3.78. The van der Waals surface area contributed by atoms with E-state index in [1.807, 2.05) is 25.2 Å². The number of halogens is 3. The van der Waals surface area contributed by atoms with Gasteiger partial charge in [-0.05, 0) is 48.5 Å². The van der Waals surface area contributed by atoms with E-state index < -0.39 is 0 Å². The molecule has 0 fully saturated rings. The summed E-state index contributed by atoms with van der Waals surface area (Å²) in [5.41, 5.74) is 7.73. The summed E-state index contributed by atoms with van der Waals surface area (Å²) in [6, 6.07) is 11.9. The van der Waals surface area contributed by atoms with Gasteiger partial charge >= 0.3 is 0 Å². The number of nitrogens with two attached hydrogens (primary N) is 1. The Morgan fingerprint density at radius 1 is 1.14 bits per heavy atom. The van der Waals surface area contributed by atoms with Crippen LogP contribution >= 0.6 is 23.2 Å². The highest BCUT2D eigenvalue weighted by atomic mass is 35.5. The topological polar surface area (TPSA) is 29.3 Å². The molecule has 2 rings (SSSR count). The van der Waals surface area contributed by atoms with Gasteiger partial charge in [-0.3, -0.25) is 4.90 Å². The molecule has 2 nitrogen and oxygen atoms in total. The molecule has 1 atom stereocenters. The van der Waals surface area contributed by atoms with Crippen LogP contribution in [0.1, 0.15) is 17.2 Å². The molecular formula is C16H17Cl2FN2. The van der Waals surface area contributed by atoms with Gasteiger partial charge in [0.2, 0.25) is 0 Å². The van der Waals surface area contributed by atoms with Crippen molar-refractivity contribution in [3.8, 4) is 0 Å². The maximum atomic E-state index is 13.3. The summed E-state index contributed by atoms with van der Waals surface area (Å²) in [6.45, 7) is 1.01. The van der Waals surface area contributed by atoms with Gasteiger partial charge in [0, 0.05) is 29.2 Å². The summed E-state index contributed by atoms with van der Waals surface area (Å²) in [5, 5.41) is 1.16. The van der Waals surface area contributed by atoms with Crippen molar-refractivity contribution >= 4 is 23.2 Å². The number of likely N-dealkylation sites (N-methyl/N-ethyl adjacent to an activating group) is 1. The Balaban J connectivity index is 2.20. The zero-order valence-corrected chi connectivity index (χ0v) is 13.2. The van der Waals surface area contributed by atoms with Crippen LogP contribution in [0.2, 0.25) is 10.0 Å². The molecule has 0 amide bonds. The molecule has 21 heavy (non-hydrogen) atoms. The molecule has 0 bridgehead atoms. The van der Waals surface area contributed by atoms with Crippen LogP contribution in [0, 0.1) is 5.82 Å². The molecule has 0 aromatic heterocycles. The molecule has 0 aliphatic carbocycles. The van der Waals surface area contributed by atoms with E-state index in [1.165, 1.54) is 12.1 Å². The Labute approximate surface area is 134 Å². The lowest BCUT2D eigenvalue weighted by Crippen LogP contribution is -2.30. The highest BCUT2D eigenvalue weighted by Crippen LogP contribution is 2.27. The first-order valence-electron chi connectivity index (χ1n) is 6.60. The molecule has 0 heterocycles. The van der Waals surface area contributed by atoms with Gasteiger partial charge < -0.3 is 5.73 Å². The molecule has 1 unspecified atom stereocenters. The second kappa shape index (κ2) is 7.23. The van der Waals surface area contributed by atoms with Crippen LogP contribution in [0.4, 0.5) is 4.39 Å². The summed E-state index contributed by atoms with van der Waals surface area (Å²) < 4.78 is 13.3. The van der Waals surface area contributed by atoms with Gasteiger partial charge in [-0.15, -0.1) is 0 Å². The molecule has 0 radical (unpaired) electrons. The van der Waals surface area contributed by atoms with Crippen molar-refractivity contribution in [3.63, 3.8) is 0 Å². The molecule has 5 heteroatoms. The summed E-state index contributed by atoms with van der Waals surface area (Å²) >= 11 is 12.1. The van der Waals surface area contributed by atoms with Crippen molar-refractivity contribution in [2.45, 2.75) is 12.6 Å². The SMILES string of the molecule is CN(Cc1cccc(F)c1)C(CN)c1cc(Cl)cc(Cl)c1. The first kappa shape index (κ1) is 16.2. The van der Waals surface area contributed by atoms with Gasteiger partial charge in [0.1, 0.15) is 5.82 Å². The monoisotopic (exact) mass is 326 g/mol. The molecular weight excluding hydrogens is 310 g/mol. The van der Waals surface area contributed by atoms with Crippen LogP contribution in [-0.4, -0.2) is 18.5 Å². The smallest absolute Gasteiger partial charge is 0.123 e. The second-order valence-electron chi connectivity index (χ2n) is 5.00. The highest BCUT2D eigenvalue weighted by Gasteiger charge is 2.17. The average molecular weight is 327 g/mol. The third-order valence-electron chi connectivity index (χ3n) is 3.35. The Morgan fingerprint density at radius 3 is 2.38 bits per heavy atom. The van der Waals surface area contributed by atoms with E-state index in [4.69, 9.17) is 28.9 Å². The number of nitrogens with zero attached hydrogens (tertiary/aromatic N) is 1. The van der Waals surface area contributed by atoms with E-state index in [2.05, 4.69) is 4.90 Å². The molecule has 0 aliphatic heterocycles. The zero-order chi connectivity index (χ0) is 15.4. The minimum Gasteiger partial charge on any atom is -0.329 e. The van der Waals surface area contributed by atoms with Crippen LogP contribution in [0.15, 0.2) is 42.5 Å². The van der Waals surface area contributed by atoms with Crippen LogP contribution in [0.25, 0.3) is 0 Å². The largest absolute Gasteiger partial charge is 0.329 e. The van der Waals surface area contributed by atoms with Gasteiger partial charge in [0.15, 0.2) is 0 Å². The average Bonchev–Trinajstić information content (AvgIpc) is 2.38. The van der Waals surface area contributed by atoms with Gasteiger partial charge in [0.25, 0.3) is 0 Å². The first-order chi connectivity index (χ1) is 9.99. The predicted octanol–water partition coefficient (Wildman–Crippen LogP) is 4.26. The quantitative estimate of drug-likeness (QED) is 0.889.